The van der Waals surface area contributed by atoms with Crippen molar-refractivity contribution in [1.29, 1.82) is 0 Å². The van der Waals surface area contributed by atoms with Gasteiger partial charge in [0.2, 0.25) is 5.95 Å². The van der Waals surface area contributed by atoms with Crippen molar-refractivity contribution >= 4 is 35.0 Å². The zero-order valence-corrected chi connectivity index (χ0v) is 11.5. The van der Waals surface area contributed by atoms with Crippen LogP contribution in [0.5, 0.6) is 0 Å². The van der Waals surface area contributed by atoms with E-state index in [0.717, 1.165) is 16.3 Å². The van der Waals surface area contributed by atoms with E-state index < -0.39 is 0 Å². The molecule has 0 aliphatic carbocycles. The lowest BCUT2D eigenvalue weighted by Crippen LogP contribution is -1.97. The summed E-state index contributed by atoms with van der Waals surface area (Å²) in [6, 6.07) is 10.2. The van der Waals surface area contributed by atoms with E-state index in [-0.39, 0.29) is 5.95 Å². The molecule has 0 radical (unpaired) electrons. The highest BCUT2D eigenvalue weighted by Crippen LogP contribution is 2.23. The molecule has 2 aromatic heterocycles. The molecule has 0 aliphatic rings. The topological polar surface area (TPSA) is 80.5 Å². The van der Waals surface area contributed by atoms with E-state index in [1.54, 1.807) is 18.1 Å². The fourth-order valence-corrected chi connectivity index (χ4v) is 2.61. The number of aromatic amines is 1. The van der Waals surface area contributed by atoms with Crippen LogP contribution in [0.4, 0.5) is 5.95 Å². The quantitative estimate of drug-likeness (QED) is 0.568. The molecule has 0 amide bonds. The van der Waals surface area contributed by atoms with Crippen molar-refractivity contribution in [3.63, 3.8) is 0 Å². The Hall–Kier alpha value is -2.34. The van der Waals surface area contributed by atoms with Crippen molar-refractivity contribution in [2.45, 2.75) is 5.03 Å². The predicted octanol–water partition coefficient (Wildman–Crippen LogP) is 2.74. The Morgan fingerprint density at radius 1 is 1.20 bits per heavy atom. The lowest BCUT2D eigenvalue weighted by Gasteiger charge is -2.00. The minimum Gasteiger partial charge on any atom is -0.368 e. The van der Waals surface area contributed by atoms with Crippen molar-refractivity contribution in [2.75, 3.05) is 11.5 Å². The minimum atomic E-state index is 0.249. The first-order valence-corrected chi connectivity index (χ1v) is 7.12. The molecule has 0 saturated heterocycles. The molecule has 2 heterocycles. The largest absolute Gasteiger partial charge is 0.368 e. The number of nitrogens with one attached hydrogen (secondary N) is 1. The number of nitrogen functional groups attached to an aromatic ring is 1. The minimum absolute atomic E-state index is 0.249. The van der Waals surface area contributed by atoms with Gasteiger partial charge in [-0.3, -0.25) is 0 Å². The molecular formula is C14H13N5S. The molecule has 100 valence electrons. The number of aromatic nitrogens is 4. The number of fused-ring (bicyclic) bond motifs is 1. The summed E-state index contributed by atoms with van der Waals surface area (Å²) in [5.74, 6) is 1.05. The monoisotopic (exact) mass is 283 g/mol. The second-order valence-electron chi connectivity index (χ2n) is 4.11. The SMILES string of the molecule is Nc1nc(SCC=Cc2ccccc2)c2[nH]cnc2n1. The summed E-state index contributed by atoms with van der Waals surface area (Å²) < 4.78 is 0. The summed E-state index contributed by atoms with van der Waals surface area (Å²) in [5, 5.41) is 0.822. The Morgan fingerprint density at radius 2 is 2.05 bits per heavy atom. The summed E-state index contributed by atoms with van der Waals surface area (Å²) in [6.07, 6.45) is 5.78. The fourth-order valence-electron chi connectivity index (χ4n) is 1.80. The molecule has 0 spiro atoms. The Balaban J connectivity index is 1.71. The van der Waals surface area contributed by atoms with E-state index in [2.05, 4.69) is 44.2 Å². The van der Waals surface area contributed by atoms with Gasteiger partial charge in [-0.15, -0.1) is 0 Å². The van der Waals surface area contributed by atoms with Crippen LogP contribution in [0.15, 0.2) is 47.8 Å². The van der Waals surface area contributed by atoms with Gasteiger partial charge in [0, 0.05) is 5.75 Å². The van der Waals surface area contributed by atoms with Gasteiger partial charge in [0.15, 0.2) is 5.65 Å². The molecular weight excluding hydrogens is 270 g/mol. The van der Waals surface area contributed by atoms with Gasteiger partial charge >= 0.3 is 0 Å². The summed E-state index contributed by atoms with van der Waals surface area (Å²) in [6.45, 7) is 0. The average molecular weight is 283 g/mol. The molecule has 3 aromatic rings. The first kappa shape index (κ1) is 12.7. The number of thioether (sulfide) groups is 1. The fraction of sp³-hybridized carbons (Fsp3) is 0.0714. The Labute approximate surface area is 120 Å². The van der Waals surface area contributed by atoms with Gasteiger partial charge in [-0.25, -0.2) is 9.97 Å². The van der Waals surface area contributed by atoms with Gasteiger partial charge in [-0.05, 0) is 5.56 Å². The number of hydrogen-bond acceptors (Lipinski definition) is 5. The molecule has 0 bridgehead atoms. The van der Waals surface area contributed by atoms with Crippen molar-refractivity contribution in [3.05, 3.63) is 48.3 Å². The number of nitrogens with zero attached hydrogens (tertiary/aromatic N) is 3. The highest BCUT2D eigenvalue weighted by atomic mass is 32.2. The van der Waals surface area contributed by atoms with Gasteiger partial charge in [-0.1, -0.05) is 54.2 Å². The van der Waals surface area contributed by atoms with Crippen LogP contribution in [-0.4, -0.2) is 25.7 Å². The van der Waals surface area contributed by atoms with Crippen LogP contribution in [0.2, 0.25) is 0 Å². The Kier molecular flexibility index (Phi) is 3.64. The van der Waals surface area contributed by atoms with Crippen LogP contribution in [0.25, 0.3) is 17.2 Å². The molecule has 5 nitrogen and oxygen atoms in total. The summed E-state index contributed by atoms with van der Waals surface area (Å²) in [7, 11) is 0. The molecule has 0 atom stereocenters. The number of nitrogens with two attached hydrogens (primary N) is 1. The van der Waals surface area contributed by atoms with Gasteiger partial charge in [0.25, 0.3) is 0 Å². The highest BCUT2D eigenvalue weighted by molar-refractivity contribution is 7.99. The van der Waals surface area contributed by atoms with Crippen LogP contribution >= 0.6 is 11.8 Å². The second-order valence-corrected chi connectivity index (χ2v) is 5.12. The predicted molar refractivity (Wildman–Crippen MR) is 82.3 cm³/mol. The normalized spacial score (nSPS) is 11.4. The number of rotatable bonds is 4. The van der Waals surface area contributed by atoms with Gasteiger partial charge in [-0.2, -0.15) is 4.98 Å². The maximum absolute atomic E-state index is 5.67. The van der Waals surface area contributed by atoms with E-state index in [9.17, 15) is 0 Å². The van der Waals surface area contributed by atoms with Crippen molar-refractivity contribution < 1.29 is 0 Å². The first-order valence-electron chi connectivity index (χ1n) is 6.14. The smallest absolute Gasteiger partial charge is 0.223 e. The summed E-state index contributed by atoms with van der Waals surface area (Å²) in [5.41, 5.74) is 8.29. The lowest BCUT2D eigenvalue weighted by atomic mass is 10.2. The molecule has 3 N–H and O–H groups in total. The van der Waals surface area contributed by atoms with Crippen LogP contribution < -0.4 is 5.73 Å². The highest BCUT2D eigenvalue weighted by Gasteiger charge is 2.07. The van der Waals surface area contributed by atoms with Crippen LogP contribution in [0.3, 0.4) is 0 Å². The third-order valence-electron chi connectivity index (χ3n) is 2.70. The van der Waals surface area contributed by atoms with Crippen molar-refractivity contribution in [1.82, 2.24) is 19.9 Å². The number of H-pyrrole nitrogens is 1. The van der Waals surface area contributed by atoms with E-state index in [0.29, 0.717) is 5.65 Å². The molecule has 0 unspecified atom stereocenters. The second kappa shape index (κ2) is 5.75. The zero-order chi connectivity index (χ0) is 13.8. The van der Waals surface area contributed by atoms with E-state index in [4.69, 9.17) is 5.73 Å². The third-order valence-corrected chi connectivity index (χ3v) is 3.62. The maximum Gasteiger partial charge on any atom is 0.223 e. The van der Waals surface area contributed by atoms with Gasteiger partial charge in [0.05, 0.1) is 6.33 Å². The maximum atomic E-state index is 5.67. The molecule has 20 heavy (non-hydrogen) atoms. The molecule has 1 aromatic carbocycles. The zero-order valence-electron chi connectivity index (χ0n) is 10.7. The molecule has 0 fully saturated rings. The molecule has 0 saturated carbocycles. The average Bonchev–Trinajstić information content (AvgIpc) is 2.92. The van der Waals surface area contributed by atoms with Crippen LogP contribution in [-0.2, 0) is 0 Å². The number of benzene rings is 1. The standard InChI is InChI=1S/C14H13N5S/c15-14-18-12-11(16-9-17-12)13(19-14)20-8-4-7-10-5-2-1-3-6-10/h1-7,9H,8H2,(H3,15,16,17,18,19). The number of imidazole rings is 1. The van der Waals surface area contributed by atoms with Gasteiger partial charge < -0.3 is 10.7 Å². The number of hydrogen-bond donors (Lipinski definition) is 2. The molecule has 6 heteroatoms. The Morgan fingerprint density at radius 3 is 2.90 bits per heavy atom. The first-order chi connectivity index (χ1) is 9.83. The van der Waals surface area contributed by atoms with Crippen LogP contribution in [0, 0.1) is 0 Å². The van der Waals surface area contributed by atoms with E-state index >= 15 is 0 Å². The van der Waals surface area contributed by atoms with Crippen molar-refractivity contribution in [2.24, 2.45) is 0 Å². The molecule has 0 aliphatic heterocycles. The third kappa shape index (κ3) is 2.80. The summed E-state index contributed by atoms with van der Waals surface area (Å²) in [4.78, 5) is 15.4. The van der Waals surface area contributed by atoms with Gasteiger partial charge in [0.1, 0.15) is 10.5 Å². The lowest BCUT2D eigenvalue weighted by molar-refractivity contribution is 1.10. The van der Waals surface area contributed by atoms with E-state index in [1.807, 2.05) is 18.2 Å². The number of anilines is 1. The van der Waals surface area contributed by atoms with Crippen molar-refractivity contribution in [3.8, 4) is 0 Å². The molecule has 3 rings (SSSR count). The van der Waals surface area contributed by atoms with E-state index in [1.165, 1.54) is 5.56 Å². The Bertz CT molecular complexity index is 736. The van der Waals surface area contributed by atoms with Crippen LogP contribution in [0.1, 0.15) is 5.56 Å². The summed E-state index contributed by atoms with van der Waals surface area (Å²) >= 11 is 1.60.